The first-order valence-electron chi connectivity index (χ1n) is 5.25. The minimum atomic E-state index is -5.44. The number of hydrogen-bond acceptors (Lipinski definition) is 3. The van der Waals surface area contributed by atoms with E-state index in [1.54, 1.807) is 13.8 Å². The van der Waals surface area contributed by atoms with Gasteiger partial charge in [-0.15, -0.1) is 0 Å². The van der Waals surface area contributed by atoms with E-state index in [0.29, 0.717) is 0 Å². The minimum absolute atomic E-state index is 0.116. The monoisotopic (exact) mass is 289 g/mol. The molecule has 106 valence electrons. The molecule has 1 unspecified atom stereocenters. The van der Waals surface area contributed by atoms with Crippen LogP contribution in [0.2, 0.25) is 0 Å². The number of carboxylic acid groups (broad SMARTS) is 1. The second-order valence-corrected chi connectivity index (χ2v) is 6.58. The van der Waals surface area contributed by atoms with Crippen molar-refractivity contribution in [1.82, 2.24) is 4.31 Å². The van der Waals surface area contributed by atoms with Gasteiger partial charge in [-0.05, 0) is 12.3 Å². The van der Waals surface area contributed by atoms with Gasteiger partial charge in [0.2, 0.25) is 0 Å². The number of carboxylic acids is 1. The number of rotatable bonds is 3. The van der Waals surface area contributed by atoms with Gasteiger partial charge in [0.25, 0.3) is 0 Å². The molecule has 0 aromatic rings. The molecule has 0 aromatic heterocycles. The number of aliphatic carboxylic acids is 1. The van der Waals surface area contributed by atoms with Crippen molar-refractivity contribution in [3.8, 4) is 0 Å². The van der Waals surface area contributed by atoms with Crippen LogP contribution < -0.4 is 0 Å². The van der Waals surface area contributed by atoms with Crippen LogP contribution in [0.25, 0.3) is 0 Å². The van der Waals surface area contributed by atoms with Crippen molar-refractivity contribution in [2.24, 2.45) is 11.3 Å². The van der Waals surface area contributed by atoms with E-state index in [9.17, 15) is 26.4 Å². The maximum Gasteiger partial charge on any atom is 0.511 e. The Morgan fingerprint density at radius 3 is 2.17 bits per heavy atom. The Morgan fingerprint density at radius 2 is 1.89 bits per heavy atom. The Balaban J connectivity index is 3.07. The number of halogens is 3. The van der Waals surface area contributed by atoms with Gasteiger partial charge in [0.15, 0.2) is 0 Å². The topological polar surface area (TPSA) is 74.7 Å². The third kappa shape index (κ3) is 2.20. The lowest BCUT2D eigenvalue weighted by Crippen LogP contribution is -2.44. The molecule has 0 spiro atoms. The molecule has 0 aliphatic carbocycles. The van der Waals surface area contributed by atoms with Gasteiger partial charge < -0.3 is 5.11 Å². The highest BCUT2D eigenvalue weighted by Crippen LogP contribution is 2.41. The van der Waals surface area contributed by atoms with Gasteiger partial charge in [0.1, 0.15) is 0 Å². The number of hydrogen-bond donors (Lipinski definition) is 1. The molecule has 1 aliphatic heterocycles. The van der Waals surface area contributed by atoms with Crippen molar-refractivity contribution in [2.75, 3.05) is 13.1 Å². The third-order valence-electron chi connectivity index (χ3n) is 3.43. The van der Waals surface area contributed by atoms with Crippen molar-refractivity contribution >= 4 is 16.0 Å². The van der Waals surface area contributed by atoms with Crippen molar-refractivity contribution < 1.29 is 31.5 Å². The second-order valence-electron chi connectivity index (χ2n) is 4.65. The molecule has 1 saturated heterocycles. The summed E-state index contributed by atoms with van der Waals surface area (Å²) in [7, 11) is -5.44. The molecule has 0 saturated carbocycles. The Kier molecular flexibility index (Phi) is 3.70. The van der Waals surface area contributed by atoms with Gasteiger partial charge in [0, 0.05) is 13.1 Å². The molecule has 0 radical (unpaired) electrons. The molecule has 0 bridgehead atoms. The molecule has 0 aromatic carbocycles. The summed E-state index contributed by atoms with van der Waals surface area (Å²) in [5, 5.41) is 9.12. The molecule has 1 N–H and O–H groups in total. The smallest absolute Gasteiger partial charge is 0.481 e. The summed E-state index contributed by atoms with van der Waals surface area (Å²) in [6.45, 7) is 2.05. The zero-order valence-corrected chi connectivity index (χ0v) is 10.7. The first-order chi connectivity index (χ1) is 7.95. The van der Waals surface area contributed by atoms with Gasteiger partial charge in [-0.1, -0.05) is 13.8 Å². The second kappa shape index (κ2) is 4.37. The zero-order valence-electron chi connectivity index (χ0n) is 9.86. The van der Waals surface area contributed by atoms with Gasteiger partial charge >= 0.3 is 21.5 Å². The summed E-state index contributed by atoms with van der Waals surface area (Å²) in [5.41, 5.74) is -6.84. The van der Waals surface area contributed by atoms with Crippen LogP contribution in [0, 0.1) is 11.3 Å². The highest BCUT2D eigenvalue weighted by molar-refractivity contribution is 7.90. The van der Waals surface area contributed by atoms with Gasteiger partial charge in [-0.2, -0.15) is 17.5 Å². The van der Waals surface area contributed by atoms with E-state index in [1.165, 1.54) is 0 Å². The molecule has 1 aliphatic rings. The Hall–Kier alpha value is -0.830. The fraction of sp³-hybridized carbons (Fsp3) is 0.889. The molecule has 1 fully saturated rings. The standard InChI is InChI=1S/C9H14F3NO4S/c1-6(2)8(7(14)15)3-4-13(5-8)18(16,17)9(10,11)12/h6H,3-5H2,1-2H3,(H,14,15). The van der Waals surface area contributed by atoms with Crippen LogP contribution in [-0.2, 0) is 14.8 Å². The van der Waals surface area contributed by atoms with Crippen molar-refractivity contribution in [2.45, 2.75) is 25.8 Å². The average Bonchev–Trinajstić information content (AvgIpc) is 2.61. The lowest BCUT2D eigenvalue weighted by atomic mass is 9.77. The van der Waals surface area contributed by atoms with Gasteiger partial charge in [-0.3, -0.25) is 4.79 Å². The lowest BCUT2D eigenvalue weighted by molar-refractivity contribution is -0.150. The largest absolute Gasteiger partial charge is 0.511 e. The summed E-state index contributed by atoms with van der Waals surface area (Å²) in [5.74, 6) is -1.72. The maximum absolute atomic E-state index is 12.4. The van der Waals surface area contributed by atoms with E-state index in [4.69, 9.17) is 5.11 Å². The van der Waals surface area contributed by atoms with Crippen molar-refractivity contribution in [1.29, 1.82) is 0 Å². The average molecular weight is 289 g/mol. The van der Waals surface area contributed by atoms with Gasteiger partial charge in [0.05, 0.1) is 5.41 Å². The highest BCUT2D eigenvalue weighted by atomic mass is 32.2. The Bertz CT molecular complexity index is 445. The fourth-order valence-corrected chi connectivity index (χ4v) is 3.07. The quantitative estimate of drug-likeness (QED) is 0.849. The molecule has 5 nitrogen and oxygen atoms in total. The van der Waals surface area contributed by atoms with E-state index < -0.39 is 45.9 Å². The van der Waals surface area contributed by atoms with Crippen LogP contribution in [-0.4, -0.2) is 42.4 Å². The van der Waals surface area contributed by atoms with E-state index >= 15 is 0 Å². The molecule has 0 amide bonds. The molecule has 1 rings (SSSR count). The maximum atomic E-state index is 12.4. The number of nitrogens with zero attached hydrogens (tertiary/aromatic N) is 1. The Morgan fingerprint density at radius 1 is 1.39 bits per heavy atom. The molecule has 9 heteroatoms. The SMILES string of the molecule is CC(C)C1(C(=O)O)CCN(S(=O)(=O)C(F)(F)F)C1. The van der Waals surface area contributed by atoms with Crippen LogP contribution in [0.15, 0.2) is 0 Å². The van der Waals surface area contributed by atoms with Crippen LogP contribution in [0.1, 0.15) is 20.3 Å². The summed E-state index contributed by atoms with van der Waals surface area (Å²) >= 11 is 0. The normalized spacial score (nSPS) is 26.8. The third-order valence-corrected chi connectivity index (χ3v) is 5.01. The molecular weight excluding hydrogens is 275 g/mol. The van der Waals surface area contributed by atoms with Crippen molar-refractivity contribution in [3.05, 3.63) is 0 Å². The van der Waals surface area contributed by atoms with Crippen LogP contribution >= 0.6 is 0 Å². The summed E-state index contributed by atoms with van der Waals surface area (Å²) in [6.07, 6.45) is -0.116. The zero-order chi connectivity index (χ0) is 14.4. The Labute approximate surface area is 103 Å². The summed E-state index contributed by atoms with van der Waals surface area (Å²) < 4.78 is 59.7. The number of carbonyl (C=O) groups is 1. The van der Waals surface area contributed by atoms with Crippen molar-refractivity contribution in [3.63, 3.8) is 0 Å². The fourth-order valence-electron chi connectivity index (χ4n) is 2.04. The molecule has 18 heavy (non-hydrogen) atoms. The molecular formula is C9H14F3NO4S. The van der Waals surface area contributed by atoms with Gasteiger partial charge in [-0.25, -0.2) is 8.42 Å². The van der Waals surface area contributed by atoms with Crippen LogP contribution in [0.3, 0.4) is 0 Å². The number of sulfonamides is 1. The molecule has 1 heterocycles. The first kappa shape index (κ1) is 15.2. The van der Waals surface area contributed by atoms with Crippen LogP contribution in [0.4, 0.5) is 13.2 Å². The molecule has 1 atom stereocenters. The minimum Gasteiger partial charge on any atom is -0.481 e. The predicted octanol–water partition coefficient (Wildman–Crippen LogP) is 1.27. The lowest BCUT2D eigenvalue weighted by Gasteiger charge is -2.28. The van der Waals surface area contributed by atoms with E-state index in [0.717, 1.165) is 0 Å². The van der Waals surface area contributed by atoms with E-state index in [2.05, 4.69) is 0 Å². The summed E-state index contributed by atoms with van der Waals surface area (Å²) in [4.78, 5) is 11.2. The number of alkyl halides is 3. The summed E-state index contributed by atoms with van der Waals surface area (Å²) in [6, 6.07) is 0. The van der Waals surface area contributed by atoms with Crippen LogP contribution in [0.5, 0.6) is 0 Å². The van der Waals surface area contributed by atoms with E-state index in [-0.39, 0.29) is 10.7 Å². The van der Waals surface area contributed by atoms with E-state index in [1.807, 2.05) is 0 Å². The highest BCUT2D eigenvalue weighted by Gasteiger charge is 2.57. The predicted molar refractivity (Wildman–Crippen MR) is 56.1 cm³/mol. The first-order valence-corrected chi connectivity index (χ1v) is 6.69.